The molecule has 2 heterocycles. The van der Waals surface area contributed by atoms with Gasteiger partial charge < -0.3 is 19.7 Å². The summed E-state index contributed by atoms with van der Waals surface area (Å²) < 4.78 is 10.7. The average molecular weight is 483 g/mol. The minimum Gasteiger partial charge on any atom is -0.497 e. The predicted octanol–water partition coefficient (Wildman–Crippen LogP) is 2.32. The van der Waals surface area contributed by atoms with Gasteiger partial charge in [-0.15, -0.1) is 6.58 Å². The monoisotopic (exact) mass is 482 g/mol. The minimum absolute atomic E-state index is 0.204. The molecule has 3 amide bonds. The van der Waals surface area contributed by atoms with Gasteiger partial charge in [0.1, 0.15) is 5.75 Å². The molecule has 1 atom stereocenters. The van der Waals surface area contributed by atoms with Gasteiger partial charge in [0.25, 0.3) is 0 Å². The SMILES string of the molecule is C=CCN1C(=O)N[C@H](c2ccc(OC)cc2)C(C(=O)OCC)=C1CN1CCN(C(=O)C2CC2)CC1. The van der Waals surface area contributed by atoms with Crippen LogP contribution in [0, 0.1) is 5.92 Å². The largest absolute Gasteiger partial charge is 0.497 e. The van der Waals surface area contributed by atoms with Crippen LogP contribution in [0.5, 0.6) is 5.75 Å². The number of benzene rings is 1. The molecule has 0 bridgehead atoms. The molecule has 0 radical (unpaired) electrons. The number of carbonyl (C=O) groups is 3. The van der Waals surface area contributed by atoms with Gasteiger partial charge in [-0.25, -0.2) is 9.59 Å². The van der Waals surface area contributed by atoms with Crippen LogP contribution in [0.25, 0.3) is 0 Å². The van der Waals surface area contributed by atoms with Gasteiger partial charge in [0, 0.05) is 50.9 Å². The third-order valence-corrected chi connectivity index (χ3v) is 6.68. The molecule has 4 rings (SSSR count). The number of carbonyl (C=O) groups excluding carboxylic acids is 3. The van der Waals surface area contributed by atoms with Gasteiger partial charge in [-0.3, -0.25) is 14.6 Å². The molecule has 1 aromatic carbocycles. The van der Waals surface area contributed by atoms with Crippen LogP contribution in [0.1, 0.15) is 31.4 Å². The number of nitrogens with zero attached hydrogens (tertiary/aromatic N) is 3. The smallest absolute Gasteiger partial charge is 0.338 e. The number of hydrogen-bond donors (Lipinski definition) is 1. The van der Waals surface area contributed by atoms with Crippen LogP contribution < -0.4 is 10.1 Å². The maximum Gasteiger partial charge on any atom is 0.338 e. The maximum absolute atomic E-state index is 13.3. The Bertz CT molecular complexity index is 993. The highest BCUT2D eigenvalue weighted by Crippen LogP contribution is 2.34. The van der Waals surface area contributed by atoms with E-state index in [1.165, 1.54) is 0 Å². The molecule has 1 saturated carbocycles. The van der Waals surface area contributed by atoms with E-state index in [1.54, 1.807) is 37.1 Å². The number of rotatable bonds is 9. The highest BCUT2D eigenvalue weighted by molar-refractivity contribution is 5.95. The number of piperazine rings is 1. The maximum atomic E-state index is 13.3. The molecule has 188 valence electrons. The number of urea groups is 1. The fraction of sp³-hybridized carbons (Fsp3) is 0.500. The first-order valence-electron chi connectivity index (χ1n) is 12.2. The van der Waals surface area contributed by atoms with Gasteiger partial charge in [-0.2, -0.15) is 0 Å². The second kappa shape index (κ2) is 10.9. The van der Waals surface area contributed by atoms with Gasteiger partial charge >= 0.3 is 12.0 Å². The first kappa shape index (κ1) is 24.8. The van der Waals surface area contributed by atoms with Crippen molar-refractivity contribution in [1.29, 1.82) is 0 Å². The van der Waals surface area contributed by atoms with Gasteiger partial charge in [-0.1, -0.05) is 18.2 Å². The first-order chi connectivity index (χ1) is 17.0. The van der Waals surface area contributed by atoms with Crippen LogP contribution in [-0.2, 0) is 14.3 Å². The van der Waals surface area contributed by atoms with Crippen molar-refractivity contribution in [3.63, 3.8) is 0 Å². The van der Waals surface area contributed by atoms with Crippen molar-refractivity contribution < 1.29 is 23.9 Å². The molecule has 1 aromatic rings. The summed E-state index contributed by atoms with van der Waals surface area (Å²) in [7, 11) is 1.59. The van der Waals surface area contributed by atoms with Crippen molar-refractivity contribution in [3.05, 3.63) is 53.8 Å². The Morgan fingerprint density at radius 1 is 1.14 bits per heavy atom. The van der Waals surface area contributed by atoms with Crippen LogP contribution in [-0.4, -0.2) is 85.6 Å². The summed E-state index contributed by atoms with van der Waals surface area (Å²) in [6.07, 6.45) is 3.63. The molecule has 2 aliphatic heterocycles. The molecule has 1 N–H and O–H groups in total. The van der Waals surface area contributed by atoms with E-state index in [1.807, 2.05) is 17.0 Å². The van der Waals surface area contributed by atoms with Gasteiger partial charge in [0.2, 0.25) is 5.91 Å². The van der Waals surface area contributed by atoms with Crippen molar-refractivity contribution in [2.75, 3.05) is 53.0 Å². The Hall–Kier alpha value is -3.33. The molecular weight excluding hydrogens is 448 g/mol. The summed E-state index contributed by atoms with van der Waals surface area (Å²) in [5.74, 6) is 0.681. The van der Waals surface area contributed by atoms with E-state index in [9.17, 15) is 14.4 Å². The summed E-state index contributed by atoms with van der Waals surface area (Å²) in [5, 5.41) is 2.97. The number of esters is 1. The number of methoxy groups -OCH3 is 1. The van der Waals surface area contributed by atoms with E-state index in [4.69, 9.17) is 9.47 Å². The van der Waals surface area contributed by atoms with E-state index in [-0.39, 0.29) is 31.0 Å². The fourth-order valence-electron chi connectivity index (χ4n) is 4.62. The van der Waals surface area contributed by atoms with Crippen LogP contribution in [0.15, 0.2) is 48.2 Å². The fourth-order valence-corrected chi connectivity index (χ4v) is 4.62. The van der Waals surface area contributed by atoms with Crippen LogP contribution in [0.4, 0.5) is 4.79 Å². The molecule has 0 spiro atoms. The summed E-state index contributed by atoms with van der Waals surface area (Å²) >= 11 is 0. The molecule has 0 unspecified atom stereocenters. The van der Waals surface area contributed by atoms with Crippen molar-refractivity contribution in [2.45, 2.75) is 25.8 Å². The zero-order valence-electron chi connectivity index (χ0n) is 20.5. The number of ether oxygens (including phenoxy) is 2. The van der Waals surface area contributed by atoms with Crippen LogP contribution >= 0.6 is 0 Å². The van der Waals surface area contributed by atoms with E-state index in [0.29, 0.717) is 49.7 Å². The summed E-state index contributed by atoms with van der Waals surface area (Å²) in [5.41, 5.74) is 1.78. The molecule has 9 heteroatoms. The van der Waals surface area contributed by atoms with Gasteiger partial charge in [0.15, 0.2) is 0 Å². The Balaban J connectivity index is 1.65. The van der Waals surface area contributed by atoms with Crippen molar-refractivity contribution in [3.8, 4) is 5.75 Å². The molecule has 9 nitrogen and oxygen atoms in total. The highest BCUT2D eigenvalue weighted by Gasteiger charge is 2.39. The quantitative estimate of drug-likeness (QED) is 0.429. The standard InChI is InChI=1S/C26H34N4O5/c1-4-12-30-21(17-28-13-15-29(16-14-28)24(31)19-6-7-19)22(25(32)35-5-2)23(27-26(30)33)18-8-10-20(34-3)11-9-18/h4,8-11,19,23H,1,5-7,12-17H2,2-3H3,(H,27,33)/t23-/m1/s1. The molecule has 35 heavy (non-hydrogen) atoms. The van der Waals surface area contributed by atoms with Crippen LogP contribution in [0.2, 0.25) is 0 Å². The Labute approximate surface area is 206 Å². The second-order valence-electron chi connectivity index (χ2n) is 9.01. The number of nitrogens with one attached hydrogen (secondary N) is 1. The number of amides is 3. The van der Waals surface area contributed by atoms with Crippen molar-refractivity contribution >= 4 is 17.9 Å². The van der Waals surface area contributed by atoms with Gasteiger partial charge in [-0.05, 0) is 37.5 Å². The van der Waals surface area contributed by atoms with E-state index in [0.717, 1.165) is 18.4 Å². The molecule has 0 aromatic heterocycles. The number of hydrogen-bond acceptors (Lipinski definition) is 6. The van der Waals surface area contributed by atoms with E-state index in [2.05, 4.69) is 16.8 Å². The predicted molar refractivity (Wildman–Crippen MR) is 131 cm³/mol. The Kier molecular flexibility index (Phi) is 7.75. The van der Waals surface area contributed by atoms with Crippen molar-refractivity contribution in [1.82, 2.24) is 20.0 Å². The molecule has 1 saturated heterocycles. The first-order valence-corrected chi connectivity index (χ1v) is 12.2. The lowest BCUT2D eigenvalue weighted by molar-refractivity contribution is -0.139. The van der Waals surface area contributed by atoms with Crippen molar-refractivity contribution in [2.24, 2.45) is 5.92 Å². The lowest BCUT2D eigenvalue weighted by Gasteiger charge is -2.40. The third-order valence-electron chi connectivity index (χ3n) is 6.68. The third kappa shape index (κ3) is 5.51. The minimum atomic E-state index is -0.652. The molecule has 3 aliphatic rings. The second-order valence-corrected chi connectivity index (χ2v) is 9.01. The Morgan fingerprint density at radius 3 is 2.40 bits per heavy atom. The van der Waals surface area contributed by atoms with Crippen LogP contribution in [0.3, 0.4) is 0 Å². The molecule has 1 aliphatic carbocycles. The zero-order valence-corrected chi connectivity index (χ0v) is 20.5. The highest BCUT2D eigenvalue weighted by atomic mass is 16.5. The topological polar surface area (TPSA) is 91.4 Å². The zero-order chi connectivity index (χ0) is 24.9. The summed E-state index contributed by atoms with van der Waals surface area (Å²) in [6, 6.07) is 6.34. The van der Waals surface area contributed by atoms with E-state index >= 15 is 0 Å². The van der Waals surface area contributed by atoms with Gasteiger partial charge in [0.05, 0.1) is 25.3 Å². The average Bonchev–Trinajstić information content (AvgIpc) is 3.72. The molecular formula is C26H34N4O5. The summed E-state index contributed by atoms with van der Waals surface area (Å²) in [4.78, 5) is 44.6. The van der Waals surface area contributed by atoms with E-state index < -0.39 is 12.0 Å². The Morgan fingerprint density at radius 2 is 1.83 bits per heavy atom. The summed E-state index contributed by atoms with van der Waals surface area (Å²) in [6.45, 7) is 9.08. The lowest BCUT2D eigenvalue weighted by atomic mass is 9.94. The normalized spacial score (nSPS) is 21.0. The lowest BCUT2D eigenvalue weighted by Crippen LogP contribution is -2.54. The molecule has 2 fully saturated rings.